The van der Waals surface area contributed by atoms with E-state index in [2.05, 4.69) is 4.72 Å². The molecule has 4 atom stereocenters. The minimum atomic E-state index is -4.68. The number of rotatable bonds is 4. The molecule has 2 aromatic rings. The maximum absolute atomic E-state index is 15.1. The van der Waals surface area contributed by atoms with Crippen molar-refractivity contribution < 1.29 is 38.8 Å². The molecule has 1 saturated heterocycles. The number of hydrogen-bond acceptors (Lipinski definition) is 4. The number of sulfone groups is 1. The molecule has 1 heterocycles. The van der Waals surface area contributed by atoms with E-state index in [1.807, 2.05) is 0 Å². The highest BCUT2D eigenvalue weighted by Gasteiger charge is 2.55. The van der Waals surface area contributed by atoms with Crippen LogP contribution < -0.4 is 4.72 Å². The highest BCUT2D eigenvalue weighted by atomic mass is 32.2. The molecule has 0 bridgehead atoms. The van der Waals surface area contributed by atoms with Crippen LogP contribution in [0.3, 0.4) is 0 Å². The van der Waals surface area contributed by atoms with Crippen LogP contribution in [0.25, 0.3) is 0 Å². The lowest BCUT2D eigenvalue weighted by Gasteiger charge is -2.47. The lowest BCUT2D eigenvalue weighted by molar-refractivity contribution is -0.137. The van der Waals surface area contributed by atoms with Gasteiger partial charge in [0.1, 0.15) is 16.4 Å². The molecule has 1 aliphatic heterocycles. The van der Waals surface area contributed by atoms with Gasteiger partial charge >= 0.3 is 6.18 Å². The summed E-state index contributed by atoms with van der Waals surface area (Å²) in [7, 11) is -8.14. The molecule has 1 aliphatic carbocycles. The zero-order valence-electron chi connectivity index (χ0n) is 18.6. The van der Waals surface area contributed by atoms with Crippen molar-refractivity contribution in [1.82, 2.24) is 4.72 Å². The van der Waals surface area contributed by atoms with E-state index in [1.165, 1.54) is 0 Å². The van der Waals surface area contributed by atoms with E-state index in [0.29, 0.717) is 12.1 Å². The summed E-state index contributed by atoms with van der Waals surface area (Å²) >= 11 is 0. The first kappa shape index (κ1) is 26.0. The zero-order valence-corrected chi connectivity index (χ0v) is 20.3. The average Bonchev–Trinajstić information content (AvgIpc) is 2.79. The van der Waals surface area contributed by atoms with Crippen LogP contribution in [0.2, 0.25) is 0 Å². The van der Waals surface area contributed by atoms with E-state index in [1.54, 1.807) is 6.92 Å². The quantitative estimate of drug-likeness (QED) is 0.562. The average molecular weight is 538 g/mol. The van der Waals surface area contributed by atoms with Gasteiger partial charge in [0.05, 0.1) is 15.7 Å². The van der Waals surface area contributed by atoms with Gasteiger partial charge in [0.15, 0.2) is 9.84 Å². The molecule has 192 valence electrons. The van der Waals surface area contributed by atoms with Crippen LogP contribution in [0.4, 0.5) is 22.0 Å². The second kappa shape index (κ2) is 8.81. The first-order valence-corrected chi connectivity index (χ1v) is 14.1. The maximum atomic E-state index is 15.1. The van der Waals surface area contributed by atoms with Crippen molar-refractivity contribution in [3.05, 3.63) is 65.2 Å². The SMILES string of the molecule is CCC1CC2C[C@@](c3cc(F)ccc3F)(S(=O)(=O)c3ccc(C(F)(F)F)cc3)CC[C@H]2NS1(=O)=O. The van der Waals surface area contributed by atoms with Gasteiger partial charge in [-0.1, -0.05) is 6.92 Å². The van der Waals surface area contributed by atoms with Gasteiger partial charge in [0.2, 0.25) is 10.0 Å². The number of halogens is 5. The van der Waals surface area contributed by atoms with E-state index < -0.39 is 75.7 Å². The van der Waals surface area contributed by atoms with Gasteiger partial charge < -0.3 is 0 Å². The number of benzene rings is 2. The molecule has 0 spiro atoms. The van der Waals surface area contributed by atoms with Crippen LogP contribution in [0.15, 0.2) is 47.4 Å². The Hall–Kier alpha value is -2.05. The topological polar surface area (TPSA) is 80.3 Å². The number of alkyl halides is 3. The Morgan fingerprint density at radius 3 is 2.34 bits per heavy atom. The van der Waals surface area contributed by atoms with Crippen molar-refractivity contribution in [3.63, 3.8) is 0 Å². The number of hydrogen-bond donors (Lipinski definition) is 1. The lowest BCUT2D eigenvalue weighted by atomic mass is 9.72. The first-order valence-electron chi connectivity index (χ1n) is 11.1. The van der Waals surface area contributed by atoms with E-state index in [9.17, 15) is 34.4 Å². The Bertz CT molecular complexity index is 1330. The molecule has 5 nitrogen and oxygen atoms in total. The van der Waals surface area contributed by atoms with Crippen molar-refractivity contribution in [2.45, 2.75) is 66.1 Å². The summed E-state index contributed by atoms with van der Waals surface area (Å²) < 4.78 is 122. The van der Waals surface area contributed by atoms with Crippen LogP contribution in [0.5, 0.6) is 0 Å². The van der Waals surface area contributed by atoms with Gasteiger partial charge in [0, 0.05) is 11.6 Å². The van der Waals surface area contributed by atoms with Crippen LogP contribution in [-0.2, 0) is 30.8 Å². The minimum Gasteiger partial charge on any atom is -0.223 e. The molecular formula is C23H24F5NO4S2. The molecule has 1 saturated carbocycles. The molecular weight excluding hydrogens is 513 g/mol. The van der Waals surface area contributed by atoms with Gasteiger partial charge in [-0.15, -0.1) is 0 Å². The van der Waals surface area contributed by atoms with E-state index in [0.717, 1.165) is 30.3 Å². The van der Waals surface area contributed by atoms with E-state index >= 15 is 4.39 Å². The molecule has 0 radical (unpaired) electrons. The predicted octanol–water partition coefficient (Wildman–Crippen LogP) is 4.92. The van der Waals surface area contributed by atoms with Gasteiger partial charge in [-0.05, 0) is 80.5 Å². The fourth-order valence-electron chi connectivity index (χ4n) is 5.38. The van der Waals surface area contributed by atoms with Gasteiger partial charge in [0.25, 0.3) is 0 Å². The standard InChI is InChI=1S/C23H24F5NO4S2/c1-2-17-11-14-13-22(10-9-21(14)29-35(17,32)33,19-12-16(24)5-8-20(19)25)34(30,31)18-6-3-15(4-7-18)23(26,27)28/h3-8,12,14,17,21,29H,2,9-11,13H2,1H3/t14?,17?,21-,22+/m1/s1. The second-order valence-corrected chi connectivity index (χ2v) is 13.4. The molecule has 2 aromatic carbocycles. The largest absolute Gasteiger partial charge is 0.416 e. The smallest absolute Gasteiger partial charge is 0.223 e. The summed E-state index contributed by atoms with van der Waals surface area (Å²) in [5.41, 5.74) is -1.45. The third kappa shape index (κ3) is 4.48. The highest BCUT2D eigenvalue weighted by Crippen LogP contribution is 2.52. The zero-order chi connectivity index (χ0) is 25.8. The molecule has 2 fully saturated rings. The monoisotopic (exact) mass is 537 g/mol. The first-order chi connectivity index (χ1) is 16.2. The Morgan fingerprint density at radius 1 is 1.09 bits per heavy atom. The molecule has 2 aliphatic rings. The van der Waals surface area contributed by atoms with Crippen LogP contribution in [-0.4, -0.2) is 28.1 Å². The van der Waals surface area contributed by atoms with E-state index in [-0.39, 0.29) is 32.1 Å². The number of fused-ring (bicyclic) bond motifs is 1. The van der Waals surface area contributed by atoms with Crippen molar-refractivity contribution in [2.24, 2.45) is 5.92 Å². The van der Waals surface area contributed by atoms with Gasteiger partial charge in [-0.2, -0.15) is 13.2 Å². The van der Waals surface area contributed by atoms with Crippen molar-refractivity contribution in [3.8, 4) is 0 Å². The predicted molar refractivity (Wildman–Crippen MR) is 119 cm³/mol. The fourth-order valence-corrected chi connectivity index (χ4v) is 9.46. The summed E-state index contributed by atoms with van der Waals surface area (Å²) in [6.45, 7) is 1.69. The Labute approximate surface area is 200 Å². The van der Waals surface area contributed by atoms with Crippen molar-refractivity contribution in [2.75, 3.05) is 0 Å². The molecule has 2 unspecified atom stereocenters. The van der Waals surface area contributed by atoms with Crippen LogP contribution in [0, 0.1) is 17.6 Å². The molecule has 0 amide bonds. The second-order valence-electron chi connectivity index (χ2n) is 9.18. The summed E-state index contributed by atoms with van der Waals surface area (Å²) in [5, 5.41) is -0.773. The van der Waals surface area contributed by atoms with Crippen LogP contribution in [0.1, 0.15) is 50.2 Å². The normalized spacial score (nSPS) is 28.9. The third-order valence-electron chi connectivity index (χ3n) is 7.22. The fraction of sp³-hybridized carbons (Fsp3) is 0.478. The highest BCUT2D eigenvalue weighted by molar-refractivity contribution is 7.92. The van der Waals surface area contributed by atoms with Crippen LogP contribution >= 0.6 is 0 Å². The lowest BCUT2D eigenvalue weighted by Crippen LogP contribution is -2.57. The molecule has 0 aromatic heterocycles. The number of sulfonamides is 1. The molecule has 1 N–H and O–H groups in total. The Morgan fingerprint density at radius 2 is 1.74 bits per heavy atom. The molecule has 35 heavy (non-hydrogen) atoms. The number of nitrogens with one attached hydrogen (secondary N) is 1. The Balaban J connectivity index is 1.85. The molecule has 4 rings (SSSR count). The summed E-state index contributed by atoms with van der Waals surface area (Å²) in [5.74, 6) is -2.31. The molecule has 12 heteroatoms. The van der Waals surface area contributed by atoms with Gasteiger partial charge in [-0.25, -0.2) is 30.3 Å². The minimum absolute atomic E-state index is 0.0378. The van der Waals surface area contributed by atoms with Crippen molar-refractivity contribution in [1.29, 1.82) is 0 Å². The summed E-state index contributed by atoms with van der Waals surface area (Å²) in [6, 6.07) is 4.82. The van der Waals surface area contributed by atoms with Crippen molar-refractivity contribution >= 4 is 19.9 Å². The Kier molecular flexibility index (Phi) is 6.55. The maximum Gasteiger partial charge on any atom is 0.416 e. The summed E-state index contributed by atoms with van der Waals surface area (Å²) in [4.78, 5) is -0.448. The summed E-state index contributed by atoms with van der Waals surface area (Å²) in [6.07, 6.45) is -4.67. The van der Waals surface area contributed by atoms with E-state index in [4.69, 9.17) is 0 Å². The van der Waals surface area contributed by atoms with Gasteiger partial charge in [-0.3, -0.25) is 0 Å². The third-order valence-corrected chi connectivity index (χ3v) is 11.8.